The number of aromatic nitrogens is 2. The highest BCUT2D eigenvalue weighted by Gasteiger charge is 2.16. The smallest absolute Gasteiger partial charge is 0.325 e. The van der Waals surface area contributed by atoms with Crippen LogP contribution >= 0.6 is 23.2 Å². The lowest BCUT2D eigenvalue weighted by Gasteiger charge is -2.10. The second kappa shape index (κ2) is 4.96. The summed E-state index contributed by atoms with van der Waals surface area (Å²) in [6.45, 7) is 1.40. The van der Waals surface area contributed by atoms with E-state index in [1.165, 1.54) is 6.92 Å². The van der Waals surface area contributed by atoms with Gasteiger partial charge in [-0.15, -0.1) is 0 Å². The molecule has 1 atom stereocenters. The van der Waals surface area contributed by atoms with Crippen molar-refractivity contribution in [2.24, 2.45) is 0 Å². The molecule has 0 spiro atoms. The second-order valence-electron chi connectivity index (χ2n) is 2.82. The highest BCUT2D eigenvalue weighted by atomic mass is 35.5. The molecule has 1 unspecified atom stereocenters. The molecule has 84 valence electrons. The molecule has 0 aliphatic carbocycles. The Kier molecular flexibility index (Phi) is 3.88. The summed E-state index contributed by atoms with van der Waals surface area (Å²) < 4.78 is 0. The molecule has 0 bridgehead atoms. The molecule has 0 saturated carbocycles. The van der Waals surface area contributed by atoms with E-state index in [0.717, 1.165) is 0 Å². The summed E-state index contributed by atoms with van der Waals surface area (Å²) >= 11 is 11.2. The third-order valence-electron chi connectivity index (χ3n) is 1.64. The van der Waals surface area contributed by atoms with Gasteiger partial charge >= 0.3 is 5.97 Å². The van der Waals surface area contributed by atoms with Gasteiger partial charge in [-0.25, -0.2) is 9.97 Å². The molecular weight excluding hydrogens is 255 g/mol. The van der Waals surface area contributed by atoms with Crippen molar-refractivity contribution >= 4 is 35.0 Å². The summed E-state index contributed by atoms with van der Waals surface area (Å²) in [7, 11) is 0. The third kappa shape index (κ3) is 2.72. The van der Waals surface area contributed by atoms with Gasteiger partial charge in [0.15, 0.2) is 21.8 Å². The van der Waals surface area contributed by atoms with Gasteiger partial charge in [-0.2, -0.15) is 5.26 Å². The van der Waals surface area contributed by atoms with Gasteiger partial charge in [0, 0.05) is 0 Å². The third-order valence-corrected chi connectivity index (χ3v) is 2.27. The summed E-state index contributed by atoms with van der Waals surface area (Å²) in [6, 6.07) is 0.818. The normalized spacial score (nSPS) is 11.6. The Morgan fingerprint density at radius 3 is 2.56 bits per heavy atom. The zero-order valence-electron chi connectivity index (χ0n) is 8.03. The number of nitriles is 1. The summed E-state index contributed by atoms with van der Waals surface area (Å²) in [4.78, 5) is 18.0. The molecule has 8 heteroatoms. The first kappa shape index (κ1) is 12.5. The Morgan fingerprint density at radius 1 is 1.50 bits per heavy atom. The van der Waals surface area contributed by atoms with Crippen LogP contribution < -0.4 is 5.32 Å². The molecular formula is C8H6Cl2N4O2. The number of carboxylic acid groups (broad SMARTS) is 1. The minimum atomic E-state index is -1.09. The van der Waals surface area contributed by atoms with E-state index in [4.69, 9.17) is 33.6 Å². The molecule has 1 aromatic heterocycles. The van der Waals surface area contributed by atoms with Gasteiger partial charge in [-0.05, 0) is 6.92 Å². The van der Waals surface area contributed by atoms with Crippen LogP contribution in [0.25, 0.3) is 0 Å². The zero-order valence-corrected chi connectivity index (χ0v) is 9.54. The quantitative estimate of drug-likeness (QED) is 0.856. The number of hydrogen-bond donors (Lipinski definition) is 2. The van der Waals surface area contributed by atoms with Crippen molar-refractivity contribution < 1.29 is 9.90 Å². The lowest BCUT2D eigenvalue weighted by molar-refractivity contribution is -0.137. The average molecular weight is 261 g/mol. The molecule has 0 radical (unpaired) electrons. The van der Waals surface area contributed by atoms with Crippen LogP contribution in [0.5, 0.6) is 0 Å². The van der Waals surface area contributed by atoms with Crippen molar-refractivity contribution in [1.29, 1.82) is 5.26 Å². The van der Waals surface area contributed by atoms with Crippen LogP contribution in [0.2, 0.25) is 10.3 Å². The molecule has 0 saturated heterocycles. The van der Waals surface area contributed by atoms with Crippen molar-refractivity contribution in [3.05, 3.63) is 16.0 Å². The fourth-order valence-electron chi connectivity index (χ4n) is 0.840. The van der Waals surface area contributed by atoms with Gasteiger partial charge in [0.25, 0.3) is 0 Å². The van der Waals surface area contributed by atoms with Gasteiger partial charge in [0.2, 0.25) is 0 Å². The predicted molar refractivity (Wildman–Crippen MR) is 57.5 cm³/mol. The summed E-state index contributed by atoms with van der Waals surface area (Å²) in [5.74, 6) is -1.09. The Morgan fingerprint density at radius 2 is 2.06 bits per heavy atom. The second-order valence-corrected chi connectivity index (χ2v) is 3.53. The predicted octanol–water partition coefficient (Wildman–Crippen LogP) is 1.54. The molecule has 0 aliphatic rings. The maximum absolute atomic E-state index is 10.6. The van der Waals surface area contributed by atoms with Gasteiger partial charge in [0.1, 0.15) is 12.1 Å². The van der Waals surface area contributed by atoms with Gasteiger partial charge in [0.05, 0.1) is 0 Å². The van der Waals surface area contributed by atoms with E-state index in [1.54, 1.807) is 6.07 Å². The summed E-state index contributed by atoms with van der Waals surface area (Å²) in [5.41, 5.74) is -0.109. The van der Waals surface area contributed by atoms with Crippen LogP contribution in [-0.4, -0.2) is 27.1 Å². The Bertz CT molecular complexity index is 472. The first-order chi connectivity index (χ1) is 7.45. The van der Waals surface area contributed by atoms with Gasteiger partial charge in [-0.1, -0.05) is 23.2 Å². The van der Waals surface area contributed by atoms with E-state index < -0.39 is 12.0 Å². The van der Waals surface area contributed by atoms with E-state index in [-0.39, 0.29) is 21.8 Å². The van der Waals surface area contributed by atoms with E-state index in [1.807, 2.05) is 0 Å². The first-order valence-electron chi connectivity index (χ1n) is 4.08. The fourth-order valence-corrected chi connectivity index (χ4v) is 1.09. The number of anilines is 1. The molecule has 0 fully saturated rings. The van der Waals surface area contributed by atoms with E-state index in [0.29, 0.717) is 0 Å². The number of carbonyl (C=O) groups is 1. The van der Waals surface area contributed by atoms with Crippen molar-refractivity contribution in [1.82, 2.24) is 9.97 Å². The summed E-state index contributed by atoms with van der Waals surface area (Å²) in [5, 5.41) is 19.7. The monoisotopic (exact) mass is 260 g/mol. The molecule has 16 heavy (non-hydrogen) atoms. The molecule has 0 amide bonds. The molecule has 1 rings (SSSR count). The van der Waals surface area contributed by atoms with Crippen LogP contribution in [0.1, 0.15) is 12.6 Å². The maximum atomic E-state index is 10.6. The first-order valence-corrected chi connectivity index (χ1v) is 4.83. The van der Waals surface area contributed by atoms with Crippen molar-refractivity contribution in [2.75, 3.05) is 5.32 Å². The Balaban J connectivity index is 3.09. The van der Waals surface area contributed by atoms with Crippen molar-refractivity contribution in [2.45, 2.75) is 13.0 Å². The van der Waals surface area contributed by atoms with Crippen molar-refractivity contribution in [3.63, 3.8) is 0 Å². The number of hydrogen-bond acceptors (Lipinski definition) is 5. The van der Waals surface area contributed by atoms with Crippen LogP contribution in [0.4, 0.5) is 5.82 Å². The summed E-state index contributed by atoms with van der Waals surface area (Å²) in [6.07, 6.45) is 0. The van der Waals surface area contributed by atoms with Crippen LogP contribution in [0.15, 0.2) is 0 Å². The zero-order chi connectivity index (χ0) is 12.3. The molecule has 6 nitrogen and oxygen atoms in total. The lowest BCUT2D eigenvalue weighted by atomic mass is 10.3. The molecule has 1 heterocycles. The molecule has 2 N–H and O–H groups in total. The highest BCUT2D eigenvalue weighted by molar-refractivity contribution is 6.40. The number of halogens is 2. The molecule has 0 aromatic carbocycles. The number of rotatable bonds is 3. The van der Waals surface area contributed by atoms with Crippen LogP contribution in [0, 0.1) is 11.3 Å². The number of aliphatic carboxylic acids is 1. The molecule has 1 aromatic rings. The average Bonchev–Trinajstić information content (AvgIpc) is 2.22. The largest absolute Gasteiger partial charge is 0.480 e. The minimum Gasteiger partial charge on any atom is -0.480 e. The number of nitrogens with zero attached hydrogens (tertiary/aromatic N) is 3. The van der Waals surface area contributed by atoms with Gasteiger partial charge < -0.3 is 10.4 Å². The molecule has 0 aliphatic heterocycles. The van der Waals surface area contributed by atoms with Crippen LogP contribution in [-0.2, 0) is 4.79 Å². The highest BCUT2D eigenvalue weighted by Crippen LogP contribution is 2.21. The minimum absolute atomic E-state index is 0.00759. The topological polar surface area (TPSA) is 98.9 Å². The van der Waals surface area contributed by atoms with E-state index in [9.17, 15) is 4.79 Å². The van der Waals surface area contributed by atoms with E-state index >= 15 is 0 Å². The standard InChI is InChI=1S/C8H6Cl2N4O2/c1-3(8(15)16)12-7-4(2-11)13-5(9)6(10)14-7/h3H,1H3,(H,12,14)(H,15,16). The number of nitrogens with one attached hydrogen (secondary N) is 1. The van der Waals surface area contributed by atoms with E-state index in [2.05, 4.69) is 15.3 Å². The SMILES string of the molecule is CC(Nc1nc(Cl)c(Cl)nc1C#N)C(=O)O. The van der Waals surface area contributed by atoms with Crippen molar-refractivity contribution in [3.8, 4) is 6.07 Å². The Labute approximate surface area is 101 Å². The maximum Gasteiger partial charge on any atom is 0.325 e. The van der Waals surface area contributed by atoms with Gasteiger partial charge in [-0.3, -0.25) is 4.79 Å². The number of carboxylic acids is 1. The Hall–Kier alpha value is -1.58. The fraction of sp³-hybridized carbons (Fsp3) is 0.250. The lowest BCUT2D eigenvalue weighted by Crippen LogP contribution is -2.26. The van der Waals surface area contributed by atoms with Crippen LogP contribution in [0.3, 0.4) is 0 Å².